The summed E-state index contributed by atoms with van der Waals surface area (Å²) in [5.74, 6) is 1.08. The highest BCUT2D eigenvalue weighted by molar-refractivity contribution is 5.74. The van der Waals surface area contributed by atoms with Crippen LogP contribution < -0.4 is 5.32 Å². The summed E-state index contributed by atoms with van der Waals surface area (Å²) in [6, 6.07) is 11.6. The van der Waals surface area contributed by atoms with Crippen LogP contribution in [0.15, 0.2) is 40.9 Å². The number of hydrogen-bond acceptors (Lipinski definition) is 4. The van der Waals surface area contributed by atoms with Gasteiger partial charge in [-0.15, -0.1) is 0 Å². The van der Waals surface area contributed by atoms with E-state index in [1.54, 1.807) is 0 Å². The minimum Gasteiger partial charge on any atom is -0.381 e. The van der Waals surface area contributed by atoms with Crippen LogP contribution in [0.5, 0.6) is 0 Å². The Morgan fingerprint density at radius 2 is 2.21 bits per heavy atom. The molecule has 1 aliphatic heterocycles. The Morgan fingerprint density at radius 3 is 2.92 bits per heavy atom. The number of carbonyl (C=O) groups is 1. The number of ether oxygens (including phenoxy) is 1. The molecule has 1 saturated heterocycles. The molecule has 0 spiro atoms. The first-order valence-electron chi connectivity index (χ1n) is 8.37. The van der Waals surface area contributed by atoms with Gasteiger partial charge in [0.1, 0.15) is 5.69 Å². The number of rotatable bonds is 6. The van der Waals surface area contributed by atoms with Crippen LogP contribution in [0.1, 0.15) is 19.1 Å². The molecule has 2 amide bonds. The molecule has 0 aliphatic carbocycles. The van der Waals surface area contributed by atoms with Crippen molar-refractivity contribution in [3.8, 4) is 11.3 Å². The zero-order chi connectivity index (χ0) is 16.8. The Balaban J connectivity index is 1.53. The topological polar surface area (TPSA) is 67.6 Å². The molecule has 0 unspecified atom stereocenters. The van der Waals surface area contributed by atoms with Crippen LogP contribution in [0.2, 0.25) is 0 Å². The van der Waals surface area contributed by atoms with Crippen molar-refractivity contribution in [3.05, 3.63) is 42.2 Å². The predicted octanol–water partition coefficient (Wildman–Crippen LogP) is 2.91. The molecule has 6 nitrogen and oxygen atoms in total. The zero-order valence-corrected chi connectivity index (χ0v) is 13.9. The second-order valence-electron chi connectivity index (χ2n) is 5.97. The quantitative estimate of drug-likeness (QED) is 0.885. The summed E-state index contributed by atoms with van der Waals surface area (Å²) in [6.07, 6.45) is 1.02. The lowest BCUT2D eigenvalue weighted by Crippen LogP contribution is -2.42. The fourth-order valence-electron chi connectivity index (χ4n) is 2.81. The number of benzene rings is 1. The van der Waals surface area contributed by atoms with Crippen LogP contribution in [-0.2, 0) is 11.3 Å². The maximum atomic E-state index is 12.3. The van der Waals surface area contributed by atoms with Gasteiger partial charge >= 0.3 is 6.03 Å². The van der Waals surface area contributed by atoms with Crippen molar-refractivity contribution in [3.63, 3.8) is 0 Å². The fraction of sp³-hybridized carbons (Fsp3) is 0.444. The van der Waals surface area contributed by atoms with Gasteiger partial charge in [-0.25, -0.2) is 4.79 Å². The molecule has 0 radical (unpaired) electrons. The molecule has 3 rings (SSSR count). The van der Waals surface area contributed by atoms with Crippen molar-refractivity contribution in [1.82, 2.24) is 15.4 Å². The third-order valence-corrected chi connectivity index (χ3v) is 4.21. The lowest BCUT2D eigenvalue weighted by Gasteiger charge is -2.23. The van der Waals surface area contributed by atoms with E-state index in [4.69, 9.17) is 9.26 Å². The number of nitrogens with zero attached hydrogens (tertiary/aromatic N) is 2. The molecule has 6 heteroatoms. The summed E-state index contributed by atoms with van der Waals surface area (Å²) in [6.45, 7) is 5.26. The highest BCUT2D eigenvalue weighted by Gasteiger charge is 2.21. The molecule has 1 aromatic heterocycles. The van der Waals surface area contributed by atoms with Gasteiger partial charge in [-0.2, -0.15) is 0 Å². The number of amides is 2. The summed E-state index contributed by atoms with van der Waals surface area (Å²) < 4.78 is 10.7. The summed E-state index contributed by atoms with van der Waals surface area (Å²) in [5, 5.41) is 6.96. The molecule has 1 N–H and O–H groups in total. The van der Waals surface area contributed by atoms with E-state index in [0.717, 1.165) is 37.4 Å². The number of nitrogens with one attached hydrogen (secondary N) is 1. The van der Waals surface area contributed by atoms with Crippen molar-refractivity contribution in [2.45, 2.75) is 19.9 Å². The minimum atomic E-state index is -0.0814. The maximum Gasteiger partial charge on any atom is 0.317 e. The first-order chi connectivity index (χ1) is 11.8. The van der Waals surface area contributed by atoms with E-state index in [9.17, 15) is 4.79 Å². The number of aromatic nitrogens is 1. The second-order valence-corrected chi connectivity index (χ2v) is 5.97. The molecule has 1 aromatic carbocycles. The monoisotopic (exact) mass is 329 g/mol. The molecule has 128 valence electrons. The molecule has 0 bridgehead atoms. The third kappa shape index (κ3) is 4.14. The van der Waals surface area contributed by atoms with Crippen molar-refractivity contribution in [2.24, 2.45) is 5.92 Å². The Hall–Kier alpha value is -2.34. The van der Waals surface area contributed by atoms with E-state index in [0.29, 0.717) is 24.8 Å². The van der Waals surface area contributed by atoms with E-state index < -0.39 is 0 Å². The molecule has 1 aliphatic rings. The van der Waals surface area contributed by atoms with Crippen molar-refractivity contribution in [2.75, 3.05) is 26.3 Å². The average molecular weight is 329 g/mol. The summed E-state index contributed by atoms with van der Waals surface area (Å²) in [4.78, 5) is 14.1. The van der Waals surface area contributed by atoms with E-state index in [1.165, 1.54) is 0 Å². The van der Waals surface area contributed by atoms with Crippen molar-refractivity contribution >= 4 is 6.03 Å². The predicted molar refractivity (Wildman–Crippen MR) is 90.3 cm³/mol. The number of hydrogen-bond donors (Lipinski definition) is 1. The van der Waals surface area contributed by atoms with Gasteiger partial charge in [0.25, 0.3) is 0 Å². The Kier molecular flexibility index (Phi) is 5.48. The lowest BCUT2D eigenvalue weighted by atomic mass is 10.1. The minimum absolute atomic E-state index is 0.0814. The summed E-state index contributed by atoms with van der Waals surface area (Å²) in [5.41, 5.74) is 1.77. The van der Waals surface area contributed by atoms with Gasteiger partial charge < -0.3 is 19.5 Å². The van der Waals surface area contributed by atoms with Crippen molar-refractivity contribution in [1.29, 1.82) is 0 Å². The highest BCUT2D eigenvalue weighted by Crippen LogP contribution is 2.18. The molecule has 2 heterocycles. The molecule has 1 atom stereocenters. The standard InChI is InChI=1S/C18H23N3O3/c1-2-21(12-14-8-9-23-13-14)18(22)19-11-16-10-17(20-24-16)15-6-4-3-5-7-15/h3-7,10,14H,2,8-9,11-13H2,1H3,(H,19,22)/t14-/m1/s1. The molecular formula is C18H23N3O3. The van der Waals surface area contributed by atoms with E-state index in [2.05, 4.69) is 10.5 Å². The van der Waals surface area contributed by atoms with Crippen LogP contribution >= 0.6 is 0 Å². The van der Waals surface area contributed by atoms with Crippen LogP contribution in [0.4, 0.5) is 4.79 Å². The van der Waals surface area contributed by atoms with E-state index >= 15 is 0 Å². The SMILES string of the molecule is CCN(C[C@H]1CCOC1)C(=O)NCc1cc(-c2ccccc2)no1. The van der Waals surface area contributed by atoms with Crippen LogP contribution in [-0.4, -0.2) is 42.4 Å². The van der Waals surface area contributed by atoms with Gasteiger partial charge in [-0.05, 0) is 13.3 Å². The Bertz CT molecular complexity index is 651. The second kappa shape index (κ2) is 7.97. The van der Waals surface area contributed by atoms with Crippen LogP contribution in [0.25, 0.3) is 11.3 Å². The summed E-state index contributed by atoms with van der Waals surface area (Å²) >= 11 is 0. The van der Waals surface area contributed by atoms with Gasteiger partial charge in [0.15, 0.2) is 5.76 Å². The maximum absolute atomic E-state index is 12.3. The number of urea groups is 1. The lowest BCUT2D eigenvalue weighted by molar-refractivity contribution is 0.165. The highest BCUT2D eigenvalue weighted by atomic mass is 16.5. The van der Waals surface area contributed by atoms with E-state index in [1.807, 2.05) is 48.2 Å². The normalized spacial score (nSPS) is 17.0. The first-order valence-corrected chi connectivity index (χ1v) is 8.37. The fourth-order valence-corrected chi connectivity index (χ4v) is 2.81. The molecular weight excluding hydrogens is 306 g/mol. The molecule has 0 saturated carbocycles. The third-order valence-electron chi connectivity index (χ3n) is 4.21. The van der Waals surface area contributed by atoms with Crippen molar-refractivity contribution < 1.29 is 14.1 Å². The largest absolute Gasteiger partial charge is 0.381 e. The Labute approximate surface area is 141 Å². The van der Waals surface area contributed by atoms with Gasteiger partial charge in [0.05, 0.1) is 13.2 Å². The number of carbonyl (C=O) groups excluding carboxylic acids is 1. The van der Waals surface area contributed by atoms with E-state index in [-0.39, 0.29) is 6.03 Å². The Morgan fingerprint density at radius 1 is 1.38 bits per heavy atom. The van der Waals surface area contributed by atoms with Gasteiger partial charge in [0.2, 0.25) is 0 Å². The first kappa shape index (κ1) is 16.5. The van der Waals surface area contributed by atoms with Gasteiger partial charge in [-0.3, -0.25) is 0 Å². The van der Waals surface area contributed by atoms with Gasteiger partial charge in [-0.1, -0.05) is 35.5 Å². The molecule has 1 fully saturated rings. The smallest absolute Gasteiger partial charge is 0.317 e. The zero-order valence-electron chi connectivity index (χ0n) is 13.9. The average Bonchev–Trinajstić information content (AvgIpc) is 3.30. The summed E-state index contributed by atoms with van der Waals surface area (Å²) in [7, 11) is 0. The molecule has 2 aromatic rings. The van der Waals surface area contributed by atoms with Crippen LogP contribution in [0, 0.1) is 5.92 Å². The van der Waals surface area contributed by atoms with Gasteiger partial charge in [0, 0.05) is 37.2 Å². The van der Waals surface area contributed by atoms with Crippen LogP contribution in [0.3, 0.4) is 0 Å². The molecule has 24 heavy (non-hydrogen) atoms.